The first-order valence-corrected chi connectivity index (χ1v) is 12.5. The Labute approximate surface area is 202 Å². The van der Waals surface area contributed by atoms with Gasteiger partial charge in [0.2, 0.25) is 5.95 Å². The molecule has 1 saturated carbocycles. The van der Waals surface area contributed by atoms with Crippen molar-refractivity contribution in [2.24, 2.45) is 18.9 Å². The van der Waals surface area contributed by atoms with Crippen molar-refractivity contribution >= 4 is 23.4 Å². The molecule has 9 heteroatoms. The lowest BCUT2D eigenvalue weighted by Gasteiger charge is -2.30. The Balaban J connectivity index is 1.49. The molecule has 2 heterocycles. The number of aromatic nitrogens is 4. The molecular formula is C25H30F3N5S. The lowest BCUT2D eigenvalue weighted by atomic mass is 9.81. The van der Waals surface area contributed by atoms with Gasteiger partial charge in [-0.25, -0.2) is 9.97 Å². The third-order valence-corrected chi connectivity index (χ3v) is 7.81. The predicted molar refractivity (Wildman–Crippen MR) is 130 cm³/mol. The van der Waals surface area contributed by atoms with Crippen LogP contribution in [-0.2, 0) is 13.2 Å². The minimum Gasteiger partial charge on any atom is -0.324 e. The molecule has 34 heavy (non-hydrogen) atoms. The van der Waals surface area contributed by atoms with Crippen molar-refractivity contribution in [3.05, 3.63) is 47.9 Å². The molecule has 0 radical (unpaired) electrons. The van der Waals surface area contributed by atoms with Crippen molar-refractivity contribution in [1.29, 1.82) is 0 Å². The molecule has 1 aliphatic rings. The number of hydrogen-bond donors (Lipinski definition) is 1. The second kappa shape index (κ2) is 9.98. The summed E-state index contributed by atoms with van der Waals surface area (Å²) in [5.41, 5.74) is 0.967. The first kappa shape index (κ1) is 24.6. The van der Waals surface area contributed by atoms with Gasteiger partial charge in [0, 0.05) is 40.8 Å². The van der Waals surface area contributed by atoms with Gasteiger partial charge in [-0.05, 0) is 68.2 Å². The monoisotopic (exact) mass is 489 g/mol. The molecule has 1 aromatic carbocycles. The molecule has 5 nitrogen and oxygen atoms in total. The normalized spacial score (nSPS) is 18.9. The molecule has 4 rings (SSSR count). The Morgan fingerprint density at radius 3 is 2.44 bits per heavy atom. The van der Waals surface area contributed by atoms with E-state index in [1.54, 1.807) is 7.05 Å². The van der Waals surface area contributed by atoms with E-state index in [0.29, 0.717) is 5.25 Å². The Hall–Kier alpha value is -2.55. The molecule has 0 amide bonds. The number of thioether (sulfide) groups is 1. The molecule has 1 fully saturated rings. The van der Waals surface area contributed by atoms with Crippen LogP contribution in [0, 0.1) is 18.8 Å². The molecule has 0 atom stereocenters. The van der Waals surface area contributed by atoms with E-state index in [-0.39, 0.29) is 17.2 Å². The van der Waals surface area contributed by atoms with Crippen LogP contribution >= 0.6 is 11.8 Å². The average molecular weight is 490 g/mol. The molecule has 0 spiro atoms. The molecule has 0 unspecified atom stereocenters. The van der Waals surface area contributed by atoms with Gasteiger partial charge in [0.15, 0.2) is 0 Å². The van der Waals surface area contributed by atoms with Gasteiger partial charge in [0.1, 0.15) is 5.56 Å². The minimum absolute atomic E-state index is 0.113. The van der Waals surface area contributed by atoms with Crippen LogP contribution in [0.5, 0.6) is 0 Å². The average Bonchev–Trinajstić information content (AvgIpc) is 3.21. The van der Waals surface area contributed by atoms with Crippen molar-refractivity contribution in [2.45, 2.75) is 62.8 Å². The highest BCUT2D eigenvalue weighted by atomic mass is 32.2. The summed E-state index contributed by atoms with van der Waals surface area (Å²) in [6, 6.07) is 6.12. The SMILES string of the molecule is Cc1cc(SC2CCC(C(C)C)CC2)ccc1Nc1ncc(C(F)(F)F)c(-c2cnn(C)c2)n1. The number of benzene rings is 1. The number of hydrogen-bond acceptors (Lipinski definition) is 5. The van der Waals surface area contributed by atoms with Crippen LogP contribution in [0.15, 0.2) is 41.7 Å². The van der Waals surface area contributed by atoms with Crippen LogP contribution in [0.1, 0.15) is 50.7 Å². The summed E-state index contributed by atoms with van der Waals surface area (Å²) in [7, 11) is 1.65. The van der Waals surface area contributed by atoms with Gasteiger partial charge in [-0.15, -0.1) is 11.8 Å². The van der Waals surface area contributed by atoms with Gasteiger partial charge < -0.3 is 5.32 Å². The van der Waals surface area contributed by atoms with E-state index in [9.17, 15) is 13.2 Å². The zero-order chi connectivity index (χ0) is 24.5. The van der Waals surface area contributed by atoms with Gasteiger partial charge in [0.05, 0.1) is 11.9 Å². The Morgan fingerprint density at radius 2 is 1.85 bits per heavy atom. The van der Waals surface area contributed by atoms with E-state index in [0.717, 1.165) is 29.3 Å². The van der Waals surface area contributed by atoms with Crippen LogP contribution in [0.3, 0.4) is 0 Å². The molecule has 2 aromatic heterocycles. The zero-order valence-electron chi connectivity index (χ0n) is 19.9. The summed E-state index contributed by atoms with van der Waals surface area (Å²) in [5, 5.41) is 7.70. The number of aryl methyl sites for hydroxylation is 2. The maximum atomic E-state index is 13.5. The van der Waals surface area contributed by atoms with Crippen LogP contribution < -0.4 is 5.32 Å². The fourth-order valence-electron chi connectivity index (χ4n) is 4.45. The van der Waals surface area contributed by atoms with Gasteiger partial charge in [-0.3, -0.25) is 4.68 Å². The van der Waals surface area contributed by atoms with Gasteiger partial charge >= 0.3 is 6.18 Å². The molecule has 0 bridgehead atoms. The fourth-order valence-corrected chi connectivity index (χ4v) is 5.73. The standard InChI is InChI=1S/C25H30F3N5S/c1-15(2)17-5-7-19(8-6-17)34-20-9-10-22(16(3)11-20)31-24-29-13-21(25(26,27)28)23(32-24)18-12-30-33(4)14-18/h9-15,17,19H,5-8H2,1-4H3,(H,29,31,32). The molecule has 0 saturated heterocycles. The lowest BCUT2D eigenvalue weighted by molar-refractivity contribution is -0.137. The second-order valence-electron chi connectivity index (χ2n) is 9.36. The van der Waals surface area contributed by atoms with Crippen LogP contribution in [-0.4, -0.2) is 25.0 Å². The highest BCUT2D eigenvalue weighted by molar-refractivity contribution is 8.00. The number of rotatable bonds is 6. The van der Waals surface area contributed by atoms with E-state index >= 15 is 0 Å². The molecular weight excluding hydrogens is 459 g/mol. The number of nitrogens with one attached hydrogen (secondary N) is 1. The number of alkyl halides is 3. The minimum atomic E-state index is -4.56. The fraction of sp³-hybridized carbons (Fsp3) is 0.480. The molecule has 1 N–H and O–H groups in total. The highest BCUT2D eigenvalue weighted by Gasteiger charge is 2.36. The van der Waals surface area contributed by atoms with Crippen molar-refractivity contribution in [3.63, 3.8) is 0 Å². The highest BCUT2D eigenvalue weighted by Crippen LogP contribution is 2.40. The quantitative estimate of drug-likeness (QED) is 0.395. The summed E-state index contributed by atoms with van der Waals surface area (Å²) in [6.07, 6.45) is 4.20. The number of nitrogens with zero attached hydrogens (tertiary/aromatic N) is 4. The van der Waals surface area contributed by atoms with Crippen molar-refractivity contribution in [1.82, 2.24) is 19.7 Å². The summed E-state index contributed by atoms with van der Waals surface area (Å²) >= 11 is 1.92. The van der Waals surface area contributed by atoms with Crippen LogP contribution in [0.25, 0.3) is 11.3 Å². The molecule has 182 valence electrons. The molecule has 3 aromatic rings. The first-order chi connectivity index (χ1) is 16.1. The maximum Gasteiger partial charge on any atom is 0.419 e. The van der Waals surface area contributed by atoms with Crippen molar-refractivity contribution < 1.29 is 13.2 Å². The van der Waals surface area contributed by atoms with Crippen molar-refractivity contribution in [2.75, 3.05) is 5.32 Å². The molecule has 0 aliphatic heterocycles. The number of halogens is 3. The smallest absolute Gasteiger partial charge is 0.324 e. The predicted octanol–water partition coefficient (Wildman–Crippen LogP) is 7.25. The Bertz CT molecular complexity index is 1130. The van der Waals surface area contributed by atoms with E-state index in [2.05, 4.69) is 46.4 Å². The Kier molecular flexibility index (Phi) is 7.21. The second-order valence-corrected chi connectivity index (χ2v) is 10.7. The summed E-state index contributed by atoms with van der Waals surface area (Å²) in [5.74, 6) is 1.71. The third-order valence-electron chi connectivity index (χ3n) is 6.48. The van der Waals surface area contributed by atoms with Crippen LogP contribution in [0.2, 0.25) is 0 Å². The topological polar surface area (TPSA) is 55.6 Å². The summed E-state index contributed by atoms with van der Waals surface area (Å²) in [4.78, 5) is 9.34. The maximum absolute atomic E-state index is 13.5. The van der Waals surface area contributed by atoms with Gasteiger partial charge in [0.25, 0.3) is 0 Å². The third kappa shape index (κ3) is 5.74. The van der Waals surface area contributed by atoms with E-state index in [4.69, 9.17) is 0 Å². The Morgan fingerprint density at radius 1 is 1.12 bits per heavy atom. The van der Waals surface area contributed by atoms with Crippen LogP contribution in [0.4, 0.5) is 24.8 Å². The van der Waals surface area contributed by atoms with Crippen molar-refractivity contribution in [3.8, 4) is 11.3 Å². The van der Waals surface area contributed by atoms with E-state index < -0.39 is 11.7 Å². The summed E-state index contributed by atoms with van der Waals surface area (Å²) < 4.78 is 42.0. The van der Waals surface area contributed by atoms with E-state index in [1.165, 1.54) is 47.7 Å². The zero-order valence-corrected chi connectivity index (χ0v) is 20.7. The lowest BCUT2D eigenvalue weighted by Crippen LogP contribution is -2.19. The number of anilines is 2. The van der Waals surface area contributed by atoms with Gasteiger partial charge in [-0.2, -0.15) is 18.3 Å². The van der Waals surface area contributed by atoms with E-state index in [1.807, 2.05) is 24.8 Å². The largest absolute Gasteiger partial charge is 0.419 e. The molecule has 1 aliphatic carbocycles. The van der Waals surface area contributed by atoms with Gasteiger partial charge in [-0.1, -0.05) is 13.8 Å². The first-order valence-electron chi connectivity index (χ1n) is 11.6. The summed E-state index contributed by atoms with van der Waals surface area (Å²) in [6.45, 7) is 6.61.